The maximum Gasteiger partial charge on any atom is 0.416 e. The molecule has 140 valence electrons. The Morgan fingerprint density at radius 2 is 1.78 bits per heavy atom. The summed E-state index contributed by atoms with van der Waals surface area (Å²) in [6.45, 7) is 1.41. The summed E-state index contributed by atoms with van der Waals surface area (Å²) in [4.78, 5) is 19.3. The lowest BCUT2D eigenvalue weighted by molar-refractivity contribution is -0.137. The van der Waals surface area contributed by atoms with Gasteiger partial charge in [-0.25, -0.2) is 4.98 Å². The molecule has 0 aliphatic carbocycles. The molecule has 0 spiro atoms. The highest BCUT2D eigenvalue weighted by atomic mass is 19.4. The fourth-order valence-corrected chi connectivity index (χ4v) is 3.36. The second kappa shape index (κ2) is 6.37. The van der Waals surface area contributed by atoms with E-state index in [2.05, 4.69) is 10.1 Å². The minimum atomic E-state index is -4.39. The van der Waals surface area contributed by atoms with Crippen LogP contribution in [-0.4, -0.2) is 38.7 Å². The van der Waals surface area contributed by atoms with Gasteiger partial charge in [0, 0.05) is 25.7 Å². The van der Waals surface area contributed by atoms with Crippen molar-refractivity contribution < 1.29 is 18.0 Å². The molecule has 0 radical (unpaired) electrons. The first kappa shape index (κ1) is 17.5. The first-order valence-corrected chi connectivity index (χ1v) is 8.64. The number of pyridine rings is 1. The largest absolute Gasteiger partial charge is 0.416 e. The Hall–Kier alpha value is -2.90. The quantitative estimate of drug-likeness (QED) is 0.684. The molecule has 1 aromatic carbocycles. The molecule has 4 rings (SSSR count). The number of hydrogen-bond acceptors (Lipinski definition) is 3. The summed E-state index contributed by atoms with van der Waals surface area (Å²) in [6.07, 6.45) is -0.853. The lowest BCUT2D eigenvalue weighted by Crippen LogP contribution is -2.27. The first-order valence-electron chi connectivity index (χ1n) is 8.64. The van der Waals surface area contributed by atoms with E-state index in [1.807, 2.05) is 0 Å². The normalized spacial score (nSPS) is 14.9. The molecule has 0 saturated carbocycles. The van der Waals surface area contributed by atoms with E-state index in [1.54, 1.807) is 28.9 Å². The number of fused-ring (bicyclic) bond motifs is 1. The molecule has 0 N–H and O–H groups in total. The molecule has 1 aliphatic heterocycles. The molecule has 8 heteroatoms. The van der Waals surface area contributed by atoms with Gasteiger partial charge >= 0.3 is 6.18 Å². The van der Waals surface area contributed by atoms with Crippen LogP contribution in [-0.2, 0) is 13.2 Å². The predicted molar refractivity (Wildman–Crippen MR) is 94.1 cm³/mol. The fraction of sp³-hybridized carbons (Fsp3) is 0.316. The van der Waals surface area contributed by atoms with Crippen LogP contribution in [0.5, 0.6) is 0 Å². The van der Waals surface area contributed by atoms with Gasteiger partial charge in [-0.15, -0.1) is 0 Å². The highest BCUT2D eigenvalue weighted by Gasteiger charge is 2.30. The van der Waals surface area contributed by atoms with Gasteiger partial charge in [-0.1, -0.05) is 12.1 Å². The summed E-state index contributed by atoms with van der Waals surface area (Å²) in [5.74, 6) is -0.0962. The summed E-state index contributed by atoms with van der Waals surface area (Å²) < 4.78 is 40.0. The van der Waals surface area contributed by atoms with Crippen LogP contribution in [0.15, 0.2) is 36.5 Å². The van der Waals surface area contributed by atoms with Crippen molar-refractivity contribution in [2.75, 3.05) is 13.1 Å². The summed E-state index contributed by atoms with van der Waals surface area (Å²) in [5, 5.41) is 4.82. The Kier molecular flexibility index (Phi) is 4.13. The topological polar surface area (TPSA) is 51.0 Å². The van der Waals surface area contributed by atoms with E-state index in [1.165, 1.54) is 12.1 Å². The number of benzene rings is 1. The van der Waals surface area contributed by atoms with Crippen LogP contribution in [0.4, 0.5) is 13.2 Å². The first-order chi connectivity index (χ1) is 12.8. The van der Waals surface area contributed by atoms with Gasteiger partial charge < -0.3 is 4.90 Å². The predicted octanol–water partition coefficient (Wildman–Crippen LogP) is 3.89. The molecule has 2 aromatic heterocycles. The van der Waals surface area contributed by atoms with E-state index in [4.69, 9.17) is 0 Å². The number of aromatic nitrogens is 3. The average molecular weight is 374 g/mol. The van der Waals surface area contributed by atoms with E-state index in [0.29, 0.717) is 40.9 Å². The number of halogens is 3. The molecule has 0 atom stereocenters. The van der Waals surface area contributed by atoms with E-state index in [-0.39, 0.29) is 5.91 Å². The van der Waals surface area contributed by atoms with Gasteiger partial charge in [0.15, 0.2) is 5.65 Å². The van der Waals surface area contributed by atoms with Crippen LogP contribution in [0.2, 0.25) is 0 Å². The SMILES string of the molecule is Cn1ncc2c(C(=O)N3CCCC3)cc(-c3ccc(C(F)(F)F)cc3)nc21. The Morgan fingerprint density at radius 3 is 2.41 bits per heavy atom. The smallest absolute Gasteiger partial charge is 0.339 e. The molecule has 1 saturated heterocycles. The third kappa shape index (κ3) is 3.15. The number of carbonyl (C=O) groups is 1. The van der Waals surface area contributed by atoms with Crippen molar-refractivity contribution in [3.05, 3.63) is 47.7 Å². The molecule has 1 aliphatic rings. The van der Waals surface area contributed by atoms with Crippen LogP contribution >= 0.6 is 0 Å². The minimum Gasteiger partial charge on any atom is -0.339 e. The number of amides is 1. The van der Waals surface area contributed by atoms with Gasteiger partial charge in [-0.05, 0) is 31.0 Å². The third-order valence-electron chi connectivity index (χ3n) is 4.84. The Labute approximate surface area is 153 Å². The van der Waals surface area contributed by atoms with Crippen LogP contribution in [0, 0.1) is 0 Å². The Morgan fingerprint density at radius 1 is 1.11 bits per heavy atom. The summed E-state index contributed by atoms with van der Waals surface area (Å²) in [5.41, 5.74) is 1.24. The van der Waals surface area contributed by atoms with Gasteiger partial charge in [-0.2, -0.15) is 18.3 Å². The second-order valence-corrected chi connectivity index (χ2v) is 6.63. The number of alkyl halides is 3. The van der Waals surface area contributed by atoms with E-state index in [9.17, 15) is 18.0 Å². The van der Waals surface area contributed by atoms with Crippen molar-refractivity contribution >= 4 is 16.9 Å². The minimum absolute atomic E-state index is 0.0962. The van der Waals surface area contributed by atoms with Crippen molar-refractivity contribution in [2.24, 2.45) is 7.05 Å². The average Bonchev–Trinajstić information content (AvgIpc) is 3.30. The molecule has 3 aromatic rings. The molecular formula is C19H17F3N4O. The molecule has 27 heavy (non-hydrogen) atoms. The van der Waals surface area contributed by atoms with Crippen molar-refractivity contribution in [3.63, 3.8) is 0 Å². The highest BCUT2D eigenvalue weighted by Crippen LogP contribution is 2.32. The zero-order valence-electron chi connectivity index (χ0n) is 14.6. The van der Waals surface area contributed by atoms with Crippen LogP contribution < -0.4 is 0 Å². The van der Waals surface area contributed by atoms with Crippen molar-refractivity contribution in [1.82, 2.24) is 19.7 Å². The van der Waals surface area contributed by atoms with Gasteiger partial charge in [0.25, 0.3) is 5.91 Å². The Balaban J connectivity index is 1.81. The summed E-state index contributed by atoms with van der Waals surface area (Å²) in [6, 6.07) is 6.43. The number of nitrogens with zero attached hydrogens (tertiary/aromatic N) is 4. The van der Waals surface area contributed by atoms with E-state index in [0.717, 1.165) is 25.0 Å². The van der Waals surface area contributed by atoms with Gasteiger partial charge in [0.1, 0.15) is 0 Å². The Bertz CT molecular complexity index is 1000. The van der Waals surface area contributed by atoms with Crippen molar-refractivity contribution in [3.8, 4) is 11.3 Å². The van der Waals surface area contributed by atoms with E-state index < -0.39 is 11.7 Å². The lowest BCUT2D eigenvalue weighted by atomic mass is 10.0. The van der Waals surface area contributed by atoms with Gasteiger partial charge in [0.05, 0.1) is 28.4 Å². The third-order valence-corrected chi connectivity index (χ3v) is 4.84. The van der Waals surface area contributed by atoms with Crippen LogP contribution in [0.25, 0.3) is 22.3 Å². The number of hydrogen-bond donors (Lipinski definition) is 0. The lowest BCUT2D eigenvalue weighted by Gasteiger charge is -2.16. The second-order valence-electron chi connectivity index (χ2n) is 6.63. The number of aryl methyl sites for hydroxylation is 1. The summed E-state index contributed by atoms with van der Waals surface area (Å²) >= 11 is 0. The summed E-state index contributed by atoms with van der Waals surface area (Å²) in [7, 11) is 1.72. The zero-order valence-corrected chi connectivity index (χ0v) is 14.6. The molecule has 1 amide bonds. The number of rotatable bonds is 2. The highest BCUT2D eigenvalue weighted by molar-refractivity contribution is 6.06. The van der Waals surface area contributed by atoms with Crippen molar-refractivity contribution in [1.29, 1.82) is 0 Å². The fourth-order valence-electron chi connectivity index (χ4n) is 3.36. The van der Waals surface area contributed by atoms with E-state index >= 15 is 0 Å². The molecule has 3 heterocycles. The van der Waals surface area contributed by atoms with Gasteiger partial charge in [-0.3, -0.25) is 9.48 Å². The monoisotopic (exact) mass is 374 g/mol. The standard InChI is InChI=1S/C19H17F3N4O/c1-25-17-15(11-23-25)14(18(27)26-8-2-3-9-26)10-16(24-17)12-4-6-13(7-5-12)19(20,21)22/h4-7,10-11H,2-3,8-9H2,1H3. The molecular weight excluding hydrogens is 357 g/mol. The molecule has 0 unspecified atom stereocenters. The molecule has 1 fully saturated rings. The molecule has 5 nitrogen and oxygen atoms in total. The van der Waals surface area contributed by atoms with Gasteiger partial charge in [0.2, 0.25) is 0 Å². The zero-order chi connectivity index (χ0) is 19.2. The maximum absolute atomic E-state index is 13.0. The molecule has 0 bridgehead atoms. The van der Waals surface area contributed by atoms with Crippen molar-refractivity contribution in [2.45, 2.75) is 19.0 Å². The van der Waals surface area contributed by atoms with Crippen LogP contribution in [0.3, 0.4) is 0 Å². The maximum atomic E-state index is 13.0. The van der Waals surface area contributed by atoms with Crippen LogP contribution in [0.1, 0.15) is 28.8 Å². The number of carbonyl (C=O) groups excluding carboxylic acids is 1. The number of likely N-dealkylation sites (tertiary alicyclic amines) is 1.